The summed E-state index contributed by atoms with van der Waals surface area (Å²) < 4.78 is 25.4. The molecule has 142 valence electrons. The summed E-state index contributed by atoms with van der Waals surface area (Å²) in [4.78, 5) is 12.4. The Morgan fingerprint density at radius 1 is 1.26 bits per heavy atom. The third-order valence-corrected chi connectivity index (χ3v) is 4.87. The summed E-state index contributed by atoms with van der Waals surface area (Å²) in [6.45, 7) is 1.76. The molecule has 0 aromatic heterocycles. The van der Waals surface area contributed by atoms with Crippen LogP contribution in [0.15, 0.2) is 53.6 Å². The van der Waals surface area contributed by atoms with Gasteiger partial charge in [-0.2, -0.15) is 5.10 Å². The van der Waals surface area contributed by atoms with E-state index in [9.17, 15) is 18.3 Å². The molecule has 0 bridgehead atoms. The SMILES string of the molecule is CCC(=O)N1N=C(c2cccc(NS(C)(=O)=O)c2)C[C@H]1c1ccccc1O. The highest BCUT2D eigenvalue weighted by Gasteiger charge is 2.33. The molecule has 0 radical (unpaired) electrons. The Morgan fingerprint density at radius 2 is 2.00 bits per heavy atom. The van der Waals surface area contributed by atoms with E-state index in [4.69, 9.17) is 0 Å². The Labute approximate surface area is 158 Å². The van der Waals surface area contributed by atoms with Gasteiger partial charge in [-0.15, -0.1) is 0 Å². The van der Waals surface area contributed by atoms with Gasteiger partial charge in [0, 0.05) is 24.1 Å². The van der Waals surface area contributed by atoms with Crippen LogP contribution in [0.3, 0.4) is 0 Å². The minimum Gasteiger partial charge on any atom is -0.508 e. The molecule has 27 heavy (non-hydrogen) atoms. The second kappa shape index (κ2) is 7.40. The zero-order valence-corrected chi connectivity index (χ0v) is 15.9. The number of anilines is 1. The van der Waals surface area contributed by atoms with Gasteiger partial charge in [0.2, 0.25) is 15.9 Å². The number of nitrogens with one attached hydrogen (secondary N) is 1. The summed E-state index contributed by atoms with van der Waals surface area (Å²) in [6, 6.07) is 13.4. The highest BCUT2D eigenvalue weighted by molar-refractivity contribution is 7.92. The zero-order chi connectivity index (χ0) is 19.6. The van der Waals surface area contributed by atoms with Crippen molar-refractivity contribution in [2.75, 3.05) is 11.0 Å². The fourth-order valence-electron chi connectivity index (χ4n) is 3.06. The van der Waals surface area contributed by atoms with Gasteiger partial charge in [0.05, 0.1) is 18.0 Å². The van der Waals surface area contributed by atoms with E-state index in [1.54, 1.807) is 49.4 Å². The molecule has 2 aromatic carbocycles. The number of carbonyl (C=O) groups is 1. The molecule has 0 aliphatic carbocycles. The van der Waals surface area contributed by atoms with Crippen molar-refractivity contribution in [2.45, 2.75) is 25.8 Å². The lowest BCUT2D eigenvalue weighted by Gasteiger charge is -2.22. The van der Waals surface area contributed by atoms with Crippen LogP contribution in [0.5, 0.6) is 5.75 Å². The number of carbonyl (C=O) groups excluding carboxylic acids is 1. The molecule has 2 N–H and O–H groups in total. The molecule has 1 amide bonds. The minimum absolute atomic E-state index is 0.111. The van der Waals surface area contributed by atoms with Crippen molar-refractivity contribution in [3.05, 3.63) is 59.7 Å². The van der Waals surface area contributed by atoms with Gasteiger partial charge < -0.3 is 5.11 Å². The first-order valence-electron chi connectivity index (χ1n) is 8.54. The molecule has 1 atom stereocenters. The lowest BCUT2D eigenvalue weighted by Crippen LogP contribution is -2.26. The average molecular weight is 387 g/mol. The minimum atomic E-state index is -3.39. The number of phenolic OH excluding ortho intramolecular Hbond substituents is 1. The van der Waals surface area contributed by atoms with E-state index >= 15 is 0 Å². The van der Waals surface area contributed by atoms with Crippen LogP contribution in [0.25, 0.3) is 0 Å². The number of hydrazone groups is 1. The van der Waals surface area contributed by atoms with E-state index in [-0.39, 0.29) is 18.1 Å². The standard InChI is InChI=1S/C19H21N3O4S/c1-3-19(24)22-17(15-9-4-5-10-18(15)23)12-16(20-22)13-7-6-8-14(11-13)21-27(2,25)26/h4-11,17,21,23H,3,12H2,1-2H3/t17-/m0/s1. The number of sulfonamides is 1. The van der Waals surface area contributed by atoms with Crippen LogP contribution in [-0.4, -0.2) is 36.4 Å². The van der Waals surface area contributed by atoms with Crippen molar-refractivity contribution >= 4 is 27.3 Å². The van der Waals surface area contributed by atoms with Crippen LogP contribution in [0, 0.1) is 0 Å². The molecule has 7 nitrogen and oxygen atoms in total. The van der Waals surface area contributed by atoms with Crippen molar-refractivity contribution < 1.29 is 18.3 Å². The molecule has 0 fully saturated rings. The largest absolute Gasteiger partial charge is 0.508 e. The number of hydrogen-bond donors (Lipinski definition) is 2. The van der Waals surface area contributed by atoms with Crippen LogP contribution in [0.2, 0.25) is 0 Å². The normalized spacial score (nSPS) is 16.9. The van der Waals surface area contributed by atoms with Crippen molar-refractivity contribution in [3.63, 3.8) is 0 Å². The summed E-state index contributed by atoms with van der Waals surface area (Å²) in [5.41, 5.74) is 2.43. The monoisotopic (exact) mass is 387 g/mol. The Morgan fingerprint density at radius 3 is 2.67 bits per heavy atom. The number of nitrogens with zero attached hydrogens (tertiary/aromatic N) is 2. The first kappa shape index (κ1) is 18.9. The number of para-hydroxylation sites is 1. The first-order chi connectivity index (χ1) is 12.8. The van der Waals surface area contributed by atoms with E-state index in [0.717, 1.165) is 11.8 Å². The van der Waals surface area contributed by atoms with E-state index < -0.39 is 16.1 Å². The molecule has 8 heteroatoms. The number of phenols is 1. The van der Waals surface area contributed by atoms with Crippen LogP contribution >= 0.6 is 0 Å². The van der Waals surface area contributed by atoms with Crippen LogP contribution in [0.1, 0.15) is 36.9 Å². The average Bonchev–Trinajstić information content (AvgIpc) is 3.05. The molecule has 0 saturated heterocycles. The van der Waals surface area contributed by atoms with Gasteiger partial charge in [-0.1, -0.05) is 37.3 Å². The topological polar surface area (TPSA) is 99.1 Å². The smallest absolute Gasteiger partial charge is 0.242 e. The molecular formula is C19H21N3O4S. The third-order valence-electron chi connectivity index (χ3n) is 4.26. The van der Waals surface area contributed by atoms with E-state index in [1.807, 2.05) is 6.07 Å². The Balaban J connectivity index is 1.96. The molecule has 3 rings (SSSR count). The number of rotatable bonds is 5. The quantitative estimate of drug-likeness (QED) is 0.824. The maximum Gasteiger partial charge on any atom is 0.242 e. The van der Waals surface area contributed by atoms with Crippen LogP contribution < -0.4 is 4.72 Å². The zero-order valence-electron chi connectivity index (χ0n) is 15.1. The number of amides is 1. The van der Waals surface area contributed by atoms with E-state index in [0.29, 0.717) is 23.4 Å². The fraction of sp³-hybridized carbons (Fsp3) is 0.263. The maximum absolute atomic E-state index is 12.4. The van der Waals surface area contributed by atoms with Gasteiger partial charge in [0.1, 0.15) is 5.75 Å². The third kappa shape index (κ3) is 4.28. The molecular weight excluding hydrogens is 366 g/mol. The predicted octanol–water partition coefficient (Wildman–Crippen LogP) is 2.85. The summed E-state index contributed by atoms with van der Waals surface area (Å²) in [5, 5.41) is 16.1. The Hall–Kier alpha value is -2.87. The second-order valence-corrected chi connectivity index (χ2v) is 8.12. The van der Waals surface area contributed by atoms with Crippen molar-refractivity contribution in [1.82, 2.24) is 5.01 Å². The highest BCUT2D eigenvalue weighted by Crippen LogP contribution is 2.37. The Kier molecular flexibility index (Phi) is 5.18. The summed E-state index contributed by atoms with van der Waals surface area (Å²) in [6.07, 6.45) is 1.80. The number of aromatic hydroxyl groups is 1. The van der Waals surface area contributed by atoms with Gasteiger partial charge in [0.15, 0.2) is 0 Å². The maximum atomic E-state index is 12.4. The van der Waals surface area contributed by atoms with Crippen LogP contribution in [0.4, 0.5) is 5.69 Å². The van der Waals surface area contributed by atoms with Gasteiger partial charge >= 0.3 is 0 Å². The summed E-state index contributed by atoms with van der Waals surface area (Å²) >= 11 is 0. The molecule has 2 aromatic rings. The molecule has 1 aliphatic heterocycles. The van der Waals surface area contributed by atoms with Crippen molar-refractivity contribution in [1.29, 1.82) is 0 Å². The van der Waals surface area contributed by atoms with Gasteiger partial charge in [-0.3, -0.25) is 9.52 Å². The summed E-state index contributed by atoms with van der Waals surface area (Å²) in [7, 11) is -3.39. The fourth-order valence-corrected chi connectivity index (χ4v) is 3.62. The van der Waals surface area contributed by atoms with Gasteiger partial charge in [-0.25, -0.2) is 13.4 Å². The van der Waals surface area contributed by atoms with E-state index in [2.05, 4.69) is 9.82 Å². The van der Waals surface area contributed by atoms with Gasteiger partial charge in [-0.05, 0) is 23.8 Å². The predicted molar refractivity (Wildman–Crippen MR) is 104 cm³/mol. The molecule has 1 aliphatic rings. The highest BCUT2D eigenvalue weighted by atomic mass is 32.2. The molecule has 0 unspecified atom stereocenters. The van der Waals surface area contributed by atoms with Gasteiger partial charge in [0.25, 0.3) is 0 Å². The molecule has 1 heterocycles. The number of benzene rings is 2. The first-order valence-corrected chi connectivity index (χ1v) is 10.4. The lowest BCUT2D eigenvalue weighted by molar-refractivity contribution is -0.132. The number of hydrogen-bond acceptors (Lipinski definition) is 5. The van der Waals surface area contributed by atoms with Crippen molar-refractivity contribution in [3.8, 4) is 5.75 Å². The molecule has 0 saturated carbocycles. The lowest BCUT2D eigenvalue weighted by atomic mass is 9.97. The Bertz CT molecular complexity index is 1000. The van der Waals surface area contributed by atoms with Crippen molar-refractivity contribution in [2.24, 2.45) is 5.10 Å². The summed E-state index contributed by atoms with van der Waals surface area (Å²) in [5.74, 6) is -0.0379. The molecule has 0 spiro atoms. The van der Waals surface area contributed by atoms with Crippen LogP contribution in [-0.2, 0) is 14.8 Å². The second-order valence-electron chi connectivity index (χ2n) is 6.37. The van der Waals surface area contributed by atoms with E-state index in [1.165, 1.54) is 5.01 Å².